The van der Waals surface area contributed by atoms with Crippen LogP contribution in [0, 0.1) is 6.92 Å². The number of hydrogen-bond acceptors (Lipinski definition) is 4. The number of ether oxygens (including phenoxy) is 1. The van der Waals surface area contributed by atoms with Crippen molar-refractivity contribution in [1.82, 2.24) is 4.98 Å². The summed E-state index contributed by atoms with van der Waals surface area (Å²) in [4.78, 5) is 3.88. The van der Waals surface area contributed by atoms with Crippen molar-refractivity contribution in [3.8, 4) is 16.9 Å². The number of anilines is 1. The van der Waals surface area contributed by atoms with E-state index < -0.39 is 23.6 Å². The zero-order valence-electron chi connectivity index (χ0n) is 18.9. The molecule has 0 aliphatic carbocycles. The third-order valence-electron chi connectivity index (χ3n) is 5.48. The molecule has 0 aliphatic rings. The fourth-order valence-electron chi connectivity index (χ4n) is 3.89. The second-order valence-electron chi connectivity index (χ2n) is 8.10. The maximum Gasteiger partial charge on any atom is 0.433 e. The van der Waals surface area contributed by atoms with Gasteiger partial charge in [-0.1, -0.05) is 12.1 Å². The summed E-state index contributed by atoms with van der Waals surface area (Å²) in [6.45, 7) is 3.78. The quantitative estimate of drug-likeness (QED) is 0.362. The molecule has 0 radical (unpaired) electrons. The third kappa shape index (κ3) is 5.38. The monoisotopic (exact) mass is 485 g/mol. The average Bonchev–Trinajstić information content (AvgIpc) is 2.76. The predicted molar refractivity (Wildman–Crippen MR) is 120 cm³/mol. The van der Waals surface area contributed by atoms with Crippen molar-refractivity contribution in [3.63, 3.8) is 0 Å². The molecule has 0 saturated heterocycles. The molecular formula is C24H25F6N3O. The van der Waals surface area contributed by atoms with Crippen LogP contribution in [0.15, 0.2) is 36.4 Å². The summed E-state index contributed by atoms with van der Waals surface area (Å²) in [6.07, 6.45) is -7.92. The average molecular weight is 485 g/mol. The molecule has 0 saturated carbocycles. The smallest absolute Gasteiger partial charge is 0.433 e. The second-order valence-corrected chi connectivity index (χ2v) is 8.10. The first-order valence-corrected chi connectivity index (χ1v) is 10.6. The Balaban J connectivity index is 2.35. The highest BCUT2D eigenvalue weighted by Crippen LogP contribution is 2.44. The predicted octanol–water partition coefficient (Wildman–Crippen LogP) is 6.80. The molecule has 0 spiro atoms. The minimum atomic E-state index is -4.70. The Morgan fingerprint density at radius 2 is 1.76 bits per heavy atom. The molecule has 184 valence electrons. The summed E-state index contributed by atoms with van der Waals surface area (Å²) < 4.78 is 86.3. The summed E-state index contributed by atoms with van der Waals surface area (Å²) >= 11 is 0. The SMILES string of the molecule is COc1cc(NC(C)CCCN)c2nc(C(F)(F)F)cc(C)c2c1-c1cccc(C(F)(F)F)c1. The van der Waals surface area contributed by atoms with E-state index in [-0.39, 0.29) is 39.4 Å². The van der Waals surface area contributed by atoms with Gasteiger partial charge in [0.25, 0.3) is 0 Å². The lowest BCUT2D eigenvalue weighted by Gasteiger charge is -2.22. The zero-order chi connectivity index (χ0) is 25.3. The number of hydrogen-bond donors (Lipinski definition) is 2. The molecule has 3 aromatic rings. The number of benzene rings is 2. The molecule has 0 amide bonds. The van der Waals surface area contributed by atoms with Crippen molar-refractivity contribution in [3.05, 3.63) is 53.2 Å². The Morgan fingerprint density at radius 3 is 2.35 bits per heavy atom. The lowest BCUT2D eigenvalue weighted by atomic mass is 9.93. The highest BCUT2D eigenvalue weighted by Gasteiger charge is 2.35. The molecule has 0 fully saturated rings. The molecule has 0 aliphatic heterocycles. The number of fused-ring (bicyclic) bond motifs is 1. The highest BCUT2D eigenvalue weighted by atomic mass is 19.4. The van der Waals surface area contributed by atoms with Gasteiger partial charge in [-0.2, -0.15) is 26.3 Å². The fourth-order valence-corrected chi connectivity index (χ4v) is 3.89. The van der Waals surface area contributed by atoms with Gasteiger partial charge in [0.15, 0.2) is 0 Å². The van der Waals surface area contributed by atoms with Crippen LogP contribution in [0.1, 0.15) is 36.6 Å². The van der Waals surface area contributed by atoms with E-state index in [9.17, 15) is 26.3 Å². The number of alkyl halides is 6. The Hall–Kier alpha value is -3.01. The van der Waals surface area contributed by atoms with Crippen molar-refractivity contribution in [1.29, 1.82) is 0 Å². The van der Waals surface area contributed by atoms with E-state index in [1.165, 1.54) is 32.2 Å². The van der Waals surface area contributed by atoms with E-state index in [1.54, 1.807) is 0 Å². The minimum Gasteiger partial charge on any atom is -0.496 e. The van der Waals surface area contributed by atoms with Crippen molar-refractivity contribution < 1.29 is 31.1 Å². The Labute approximate surface area is 193 Å². The third-order valence-corrected chi connectivity index (χ3v) is 5.48. The summed E-state index contributed by atoms with van der Waals surface area (Å²) in [5.41, 5.74) is 4.49. The number of nitrogens with one attached hydrogen (secondary N) is 1. The summed E-state index contributed by atoms with van der Waals surface area (Å²) in [5.74, 6) is 0.213. The van der Waals surface area contributed by atoms with Crippen molar-refractivity contribution >= 4 is 16.6 Å². The Morgan fingerprint density at radius 1 is 1.06 bits per heavy atom. The lowest BCUT2D eigenvalue weighted by molar-refractivity contribution is -0.141. The molecule has 1 aromatic heterocycles. The first-order chi connectivity index (χ1) is 15.9. The van der Waals surface area contributed by atoms with E-state index in [1.807, 2.05) is 6.92 Å². The van der Waals surface area contributed by atoms with Gasteiger partial charge < -0.3 is 15.8 Å². The van der Waals surface area contributed by atoms with E-state index >= 15 is 0 Å². The Bertz CT molecular complexity index is 1170. The largest absolute Gasteiger partial charge is 0.496 e. The van der Waals surface area contributed by atoms with Crippen LogP contribution in [0.25, 0.3) is 22.0 Å². The lowest BCUT2D eigenvalue weighted by Crippen LogP contribution is -2.18. The molecule has 1 unspecified atom stereocenters. The van der Waals surface area contributed by atoms with E-state index in [4.69, 9.17) is 10.5 Å². The standard InChI is InChI=1S/C24H25F6N3O/c1-13-10-19(24(28,29)30)33-22-17(32-14(2)6-5-9-31)12-18(34-3)21(20(13)22)15-7-4-8-16(11-15)23(25,26)27/h4,7-8,10-12,14,32H,5-6,9,31H2,1-3H3. The van der Waals surface area contributed by atoms with Gasteiger partial charge in [-0.25, -0.2) is 4.98 Å². The number of nitrogens with zero attached hydrogens (tertiary/aromatic N) is 1. The number of methoxy groups -OCH3 is 1. The molecule has 1 atom stereocenters. The van der Waals surface area contributed by atoms with Crippen LogP contribution in [-0.4, -0.2) is 24.7 Å². The number of rotatable bonds is 7. The first-order valence-electron chi connectivity index (χ1n) is 10.6. The number of pyridine rings is 1. The van der Waals surface area contributed by atoms with E-state index in [0.29, 0.717) is 25.1 Å². The van der Waals surface area contributed by atoms with Crippen molar-refractivity contribution in [2.24, 2.45) is 5.73 Å². The second kappa shape index (κ2) is 9.69. The number of halogens is 6. The number of aryl methyl sites for hydroxylation is 1. The van der Waals surface area contributed by atoms with Gasteiger partial charge >= 0.3 is 12.4 Å². The van der Waals surface area contributed by atoms with E-state index in [2.05, 4.69) is 10.3 Å². The van der Waals surface area contributed by atoms with Crippen LogP contribution in [0.4, 0.5) is 32.0 Å². The van der Waals surface area contributed by atoms with Crippen LogP contribution >= 0.6 is 0 Å². The van der Waals surface area contributed by atoms with Crippen LogP contribution in [-0.2, 0) is 12.4 Å². The van der Waals surface area contributed by atoms with Gasteiger partial charge in [0.1, 0.15) is 11.4 Å². The van der Waals surface area contributed by atoms with Crippen LogP contribution < -0.4 is 15.8 Å². The van der Waals surface area contributed by atoms with Crippen molar-refractivity contribution in [2.75, 3.05) is 19.0 Å². The Kier molecular flexibility index (Phi) is 7.30. The number of aromatic nitrogens is 1. The summed E-state index contributed by atoms with van der Waals surface area (Å²) in [5, 5.41) is 3.45. The maximum atomic E-state index is 13.6. The number of nitrogens with two attached hydrogens (primary N) is 1. The van der Waals surface area contributed by atoms with Crippen LogP contribution in [0.3, 0.4) is 0 Å². The molecule has 3 rings (SSSR count). The first kappa shape index (κ1) is 25.6. The zero-order valence-corrected chi connectivity index (χ0v) is 18.9. The van der Waals surface area contributed by atoms with Gasteiger partial charge in [-0.15, -0.1) is 0 Å². The minimum absolute atomic E-state index is 0.000125. The highest BCUT2D eigenvalue weighted by molar-refractivity contribution is 6.06. The summed E-state index contributed by atoms with van der Waals surface area (Å²) in [7, 11) is 1.35. The molecule has 10 heteroatoms. The topological polar surface area (TPSA) is 60.2 Å². The van der Waals surface area contributed by atoms with E-state index in [0.717, 1.165) is 18.2 Å². The molecular weight excluding hydrogens is 460 g/mol. The van der Waals surface area contributed by atoms with Gasteiger partial charge in [-0.05, 0) is 62.6 Å². The molecule has 0 bridgehead atoms. The normalized spacial score (nSPS) is 13.2. The molecule has 34 heavy (non-hydrogen) atoms. The van der Waals surface area contributed by atoms with Crippen LogP contribution in [0.5, 0.6) is 5.75 Å². The van der Waals surface area contributed by atoms with Gasteiger partial charge in [0.2, 0.25) is 0 Å². The molecule has 3 N–H and O–H groups in total. The molecule has 4 nitrogen and oxygen atoms in total. The fraction of sp³-hybridized carbons (Fsp3) is 0.375. The molecule has 1 heterocycles. The molecule has 2 aromatic carbocycles. The summed E-state index contributed by atoms with van der Waals surface area (Å²) in [6, 6.07) is 6.81. The van der Waals surface area contributed by atoms with Crippen molar-refractivity contribution in [2.45, 2.75) is 45.1 Å². The maximum absolute atomic E-state index is 13.6. The van der Waals surface area contributed by atoms with Gasteiger partial charge in [0, 0.05) is 23.1 Å². The van der Waals surface area contributed by atoms with Gasteiger partial charge in [0.05, 0.1) is 23.9 Å². The van der Waals surface area contributed by atoms with Crippen LogP contribution in [0.2, 0.25) is 0 Å². The van der Waals surface area contributed by atoms with Gasteiger partial charge in [-0.3, -0.25) is 0 Å².